The number of nitrogens with zero attached hydrogens (tertiary/aromatic N) is 7. The van der Waals surface area contributed by atoms with Gasteiger partial charge in [0.05, 0.1) is 40.7 Å². The minimum Gasteiger partial charge on any atom is -0.348 e. The van der Waals surface area contributed by atoms with Crippen molar-refractivity contribution in [3.63, 3.8) is 0 Å². The second kappa shape index (κ2) is 7.84. The average molecular weight is 478 g/mol. The van der Waals surface area contributed by atoms with Crippen LogP contribution in [0.1, 0.15) is 33.5 Å². The van der Waals surface area contributed by atoms with Gasteiger partial charge in [-0.05, 0) is 42.5 Å². The first-order chi connectivity index (χ1) is 17.7. The molecule has 6 aromatic rings. The number of amides is 1. The molecule has 1 unspecified atom stereocenters. The van der Waals surface area contributed by atoms with E-state index in [0.29, 0.717) is 41.0 Å². The van der Waals surface area contributed by atoms with Crippen molar-refractivity contribution in [2.45, 2.75) is 12.5 Å². The van der Waals surface area contributed by atoms with Gasteiger partial charge in [0.15, 0.2) is 0 Å². The van der Waals surface area contributed by atoms with Crippen LogP contribution in [0, 0.1) is 5.82 Å². The number of rotatable bonds is 3. The molecule has 0 bridgehead atoms. The number of aromatic amines is 1. The van der Waals surface area contributed by atoms with Gasteiger partial charge in [-0.25, -0.2) is 18.4 Å². The van der Waals surface area contributed by atoms with Crippen molar-refractivity contribution >= 4 is 16.9 Å². The Labute approximate surface area is 203 Å². The van der Waals surface area contributed by atoms with Crippen molar-refractivity contribution in [3.05, 3.63) is 108 Å². The maximum absolute atomic E-state index is 14.4. The molecular weight excluding hydrogens is 459 g/mol. The van der Waals surface area contributed by atoms with Crippen LogP contribution in [0.3, 0.4) is 0 Å². The summed E-state index contributed by atoms with van der Waals surface area (Å²) in [5, 5.41) is 9.05. The molecule has 1 atom stereocenters. The lowest BCUT2D eigenvalue weighted by molar-refractivity contribution is 0.0689. The number of imidazole rings is 1. The molecule has 176 valence electrons. The fourth-order valence-electron chi connectivity index (χ4n) is 4.92. The first-order valence-corrected chi connectivity index (χ1v) is 11.5. The molecule has 0 radical (unpaired) electrons. The Bertz CT molecular complexity index is 1750. The molecule has 7 rings (SSSR count). The lowest BCUT2D eigenvalue weighted by atomic mass is 9.98. The highest BCUT2D eigenvalue weighted by Gasteiger charge is 2.37. The van der Waals surface area contributed by atoms with Gasteiger partial charge in [-0.2, -0.15) is 10.2 Å². The molecule has 0 fully saturated rings. The van der Waals surface area contributed by atoms with Crippen molar-refractivity contribution < 1.29 is 9.18 Å². The fraction of sp³-hybridized carbons (Fsp3) is 0.115. The SMILES string of the molecule is O=C(c1cnn2cc(-c3ccccn3)ccc12)N1CCc2[nH]cnc2C1c1cc2c(F)cccn2n1. The van der Waals surface area contributed by atoms with Gasteiger partial charge < -0.3 is 9.88 Å². The highest BCUT2D eigenvalue weighted by molar-refractivity contribution is 6.01. The Balaban J connectivity index is 1.31. The van der Waals surface area contributed by atoms with Crippen LogP contribution in [0.15, 0.2) is 79.6 Å². The first kappa shape index (κ1) is 20.5. The average Bonchev–Trinajstić information content (AvgIpc) is 3.66. The number of carbonyl (C=O) groups is 1. The number of hydrogen-bond acceptors (Lipinski definition) is 5. The molecule has 1 aliphatic heterocycles. The zero-order chi connectivity index (χ0) is 24.2. The van der Waals surface area contributed by atoms with Gasteiger partial charge >= 0.3 is 0 Å². The summed E-state index contributed by atoms with van der Waals surface area (Å²) in [6, 6.07) is 13.6. The monoisotopic (exact) mass is 478 g/mol. The molecule has 0 saturated carbocycles. The lowest BCUT2D eigenvalue weighted by Crippen LogP contribution is -2.41. The molecule has 36 heavy (non-hydrogen) atoms. The van der Waals surface area contributed by atoms with Crippen LogP contribution in [0.2, 0.25) is 0 Å². The zero-order valence-electron chi connectivity index (χ0n) is 18.9. The summed E-state index contributed by atoms with van der Waals surface area (Å²) in [6.07, 6.45) is 9.12. The van der Waals surface area contributed by atoms with Crippen LogP contribution in [0.4, 0.5) is 4.39 Å². The van der Waals surface area contributed by atoms with Gasteiger partial charge in [0.25, 0.3) is 5.91 Å². The highest BCUT2D eigenvalue weighted by Crippen LogP contribution is 2.35. The van der Waals surface area contributed by atoms with E-state index in [4.69, 9.17) is 0 Å². The summed E-state index contributed by atoms with van der Waals surface area (Å²) < 4.78 is 17.6. The summed E-state index contributed by atoms with van der Waals surface area (Å²) in [6.45, 7) is 0.457. The number of carbonyl (C=O) groups excluding carboxylic acids is 1. The van der Waals surface area contributed by atoms with E-state index in [1.807, 2.05) is 36.5 Å². The van der Waals surface area contributed by atoms with Gasteiger partial charge in [0.2, 0.25) is 0 Å². The van der Waals surface area contributed by atoms with Crippen LogP contribution in [0.5, 0.6) is 0 Å². The maximum Gasteiger partial charge on any atom is 0.258 e. The standard InChI is InChI=1S/C26H19FN8O/c27-18-4-3-10-34-23(18)12-21(32-34)25-24-20(29-15-30-24)8-11-33(25)26(36)17-13-31-35-14-16(6-7-22(17)35)19-5-1-2-9-28-19/h1-7,9-10,12-15,25H,8,11H2,(H,29,30). The van der Waals surface area contributed by atoms with E-state index < -0.39 is 6.04 Å². The van der Waals surface area contributed by atoms with Crippen LogP contribution in [-0.2, 0) is 6.42 Å². The summed E-state index contributed by atoms with van der Waals surface area (Å²) in [5.41, 5.74) is 5.44. The molecule has 0 spiro atoms. The summed E-state index contributed by atoms with van der Waals surface area (Å²) in [7, 11) is 0. The van der Waals surface area contributed by atoms with E-state index >= 15 is 0 Å². The van der Waals surface area contributed by atoms with E-state index in [-0.39, 0.29) is 11.7 Å². The summed E-state index contributed by atoms with van der Waals surface area (Å²) in [4.78, 5) is 27.8. The van der Waals surface area contributed by atoms with Crippen molar-refractivity contribution in [1.82, 2.24) is 39.1 Å². The molecule has 0 aromatic carbocycles. The zero-order valence-corrected chi connectivity index (χ0v) is 18.9. The molecule has 6 aromatic heterocycles. The topological polar surface area (TPSA) is 96.5 Å². The van der Waals surface area contributed by atoms with Crippen LogP contribution < -0.4 is 0 Å². The van der Waals surface area contributed by atoms with Crippen molar-refractivity contribution in [1.29, 1.82) is 0 Å². The third-order valence-electron chi connectivity index (χ3n) is 6.64. The minimum atomic E-state index is -0.561. The van der Waals surface area contributed by atoms with E-state index in [1.54, 1.807) is 46.5 Å². The van der Waals surface area contributed by atoms with E-state index in [0.717, 1.165) is 17.0 Å². The second-order valence-electron chi connectivity index (χ2n) is 8.69. The highest BCUT2D eigenvalue weighted by atomic mass is 19.1. The molecule has 1 amide bonds. The smallest absolute Gasteiger partial charge is 0.258 e. The van der Waals surface area contributed by atoms with Gasteiger partial charge in [0, 0.05) is 42.8 Å². The third kappa shape index (κ3) is 3.11. The normalized spacial score (nSPS) is 15.5. The minimum absolute atomic E-state index is 0.188. The molecular formula is C26H19FN8O. The van der Waals surface area contributed by atoms with E-state index in [1.165, 1.54) is 10.6 Å². The fourth-order valence-corrected chi connectivity index (χ4v) is 4.92. The van der Waals surface area contributed by atoms with Crippen LogP contribution in [-0.4, -0.2) is 51.5 Å². The number of nitrogens with one attached hydrogen (secondary N) is 1. The predicted octanol–water partition coefficient (Wildman–Crippen LogP) is 3.69. The molecule has 1 N–H and O–H groups in total. The largest absolute Gasteiger partial charge is 0.348 e. The van der Waals surface area contributed by atoms with Crippen molar-refractivity contribution in [2.75, 3.05) is 6.54 Å². The Morgan fingerprint density at radius 1 is 1.06 bits per heavy atom. The van der Waals surface area contributed by atoms with Crippen LogP contribution in [0.25, 0.3) is 22.3 Å². The third-order valence-corrected chi connectivity index (χ3v) is 6.64. The quantitative estimate of drug-likeness (QED) is 0.419. The first-order valence-electron chi connectivity index (χ1n) is 11.5. The second-order valence-corrected chi connectivity index (χ2v) is 8.69. The van der Waals surface area contributed by atoms with Gasteiger partial charge in [0.1, 0.15) is 17.4 Å². The van der Waals surface area contributed by atoms with Gasteiger partial charge in [-0.1, -0.05) is 6.07 Å². The molecule has 7 heterocycles. The molecule has 0 aliphatic carbocycles. The molecule has 1 aliphatic rings. The van der Waals surface area contributed by atoms with Crippen molar-refractivity contribution in [3.8, 4) is 11.3 Å². The molecule has 9 nitrogen and oxygen atoms in total. The number of pyridine rings is 3. The number of fused-ring (bicyclic) bond motifs is 3. The number of H-pyrrole nitrogens is 1. The Morgan fingerprint density at radius 3 is 2.86 bits per heavy atom. The summed E-state index contributed by atoms with van der Waals surface area (Å²) >= 11 is 0. The number of halogens is 1. The Morgan fingerprint density at radius 2 is 2.00 bits per heavy atom. The van der Waals surface area contributed by atoms with E-state index in [2.05, 4.69) is 25.1 Å². The van der Waals surface area contributed by atoms with Crippen molar-refractivity contribution in [2.24, 2.45) is 0 Å². The summed E-state index contributed by atoms with van der Waals surface area (Å²) in [5.74, 6) is -0.565. The molecule has 0 saturated heterocycles. The maximum atomic E-state index is 14.4. The van der Waals surface area contributed by atoms with E-state index in [9.17, 15) is 9.18 Å². The molecule has 10 heteroatoms. The number of hydrogen-bond donors (Lipinski definition) is 1. The predicted molar refractivity (Wildman–Crippen MR) is 129 cm³/mol. The van der Waals surface area contributed by atoms with Gasteiger partial charge in [-0.3, -0.25) is 9.78 Å². The lowest BCUT2D eigenvalue weighted by Gasteiger charge is -2.33. The number of aromatic nitrogens is 7. The van der Waals surface area contributed by atoms with Crippen LogP contribution >= 0.6 is 0 Å². The van der Waals surface area contributed by atoms with Gasteiger partial charge in [-0.15, -0.1) is 0 Å². The Kier molecular flexibility index (Phi) is 4.47. The Hall–Kier alpha value is -4.86.